The highest BCUT2D eigenvalue weighted by molar-refractivity contribution is 5.94. The number of hydrogen-bond donors (Lipinski definition) is 0. The van der Waals surface area contributed by atoms with Gasteiger partial charge in [-0.15, -0.1) is 0 Å². The van der Waals surface area contributed by atoms with Crippen LogP contribution in [0.15, 0.2) is 42.5 Å². The van der Waals surface area contributed by atoms with Gasteiger partial charge in [0, 0.05) is 37.4 Å². The Balaban J connectivity index is 1.70. The average molecular weight is 362 g/mol. The molecule has 1 fully saturated rings. The molecule has 0 aliphatic carbocycles. The number of anilines is 1. The summed E-state index contributed by atoms with van der Waals surface area (Å²) in [5, 5.41) is 0. The second kappa shape index (κ2) is 7.02. The van der Waals surface area contributed by atoms with Crippen LogP contribution in [0.2, 0.25) is 0 Å². The Morgan fingerprint density at radius 1 is 0.962 bits per heavy atom. The van der Waals surface area contributed by atoms with Crippen LogP contribution in [0.3, 0.4) is 0 Å². The number of amides is 1. The summed E-state index contributed by atoms with van der Waals surface area (Å²) in [4.78, 5) is 16.4. The van der Waals surface area contributed by atoms with Gasteiger partial charge in [-0.25, -0.2) is 0 Å². The molecule has 26 heavy (non-hydrogen) atoms. The van der Waals surface area contributed by atoms with Gasteiger partial charge in [0.25, 0.3) is 5.91 Å². The van der Waals surface area contributed by atoms with E-state index in [4.69, 9.17) is 0 Å². The molecule has 1 amide bonds. The van der Waals surface area contributed by atoms with E-state index in [1.54, 1.807) is 4.90 Å². The van der Waals surface area contributed by atoms with Crippen molar-refractivity contribution in [3.63, 3.8) is 0 Å². The number of hydrogen-bond acceptors (Lipinski definition) is 2. The van der Waals surface area contributed by atoms with E-state index in [0.29, 0.717) is 26.2 Å². The van der Waals surface area contributed by atoms with Crippen LogP contribution >= 0.6 is 0 Å². The second-order valence-electron chi connectivity index (χ2n) is 6.58. The first-order valence-electron chi connectivity index (χ1n) is 8.55. The lowest BCUT2D eigenvalue weighted by Crippen LogP contribution is -2.49. The van der Waals surface area contributed by atoms with E-state index in [9.17, 15) is 18.0 Å². The van der Waals surface area contributed by atoms with Gasteiger partial charge in [-0.2, -0.15) is 13.2 Å². The highest BCUT2D eigenvalue weighted by Crippen LogP contribution is 2.30. The Morgan fingerprint density at radius 3 is 2.27 bits per heavy atom. The topological polar surface area (TPSA) is 23.6 Å². The Hall–Kier alpha value is -2.50. The predicted molar refractivity (Wildman–Crippen MR) is 95.5 cm³/mol. The first-order chi connectivity index (χ1) is 12.3. The number of halogens is 3. The fourth-order valence-corrected chi connectivity index (χ4v) is 3.24. The number of benzene rings is 2. The van der Waals surface area contributed by atoms with E-state index in [2.05, 4.69) is 30.9 Å². The second-order valence-corrected chi connectivity index (χ2v) is 6.58. The van der Waals surface area contributed by atoms with Crippen molar-refractivity contribution in [1.29, 1.82) is 0 Å². The summed E-state index contributed by atoms with van der Waals surface area (Å²) in [5.74, 6) is -0.350. The number of piperazine rings is 1. The summed E-state index contributed by atoms with van der Waals surface area (Å²) in [5.41, 5.74) is 2.86. The van der Waals surface area contributed by atoms with Crippen LogP contribution < -0.4 is 4.90 Å². The van der Waals surface area contributed by atoms with Crippen LogP contribution in [-0.2, 0) is 6.18 Å². The third kappa shape index (κ3) is 3.69. The van der Waals surface area contributed by atoms with Crippen molar-refractivity contribution in [2.75, 3.05) is 31.1 Å². The van der Waals surface area contributed by atoms with E-state index in [-0.39, 0.29) is 11.5 Å². The number of carbonyl (C=O) groups is 1. The van der Waals surface area contributed by atoms with Crippen LogP contribution in [0.25, 0.3) is 0 Å². The zero-order valence-electron chi connectivity index (χ0n) is 14.8. The molecule has 0 spiro atoms. The molecule has 2 aromatic carbocycles. The molecule has 6 heteroatoms. The van der Waals surface area contributed by atoms with Crippen LogP contribution in [0, 0.1) is 13.8 Å². The molecule has 0 atom stereocenters. The Kier molecular flexibility index (Phi) is 4.94. The maximum absolute atomic E-state index is 12.9. The molecule has 2 aromatic rings. The van der Waals surface area contributed by atoms with Gasteiger partial charge in [-0.1, -0.05) is 18.2 Å². The SMILES string of the molecule is Cc1cccc(N2CCN(C(=O)c3cccc(C(F)(F)F)c3)CC2)c1C. The van der Waals surface area contributed by atoms with E-state index >= 15 is 0 Å². The van der Waals surface area contributed by atoms with E-state index in [0.717, 1.165) is 17.8 Å². The molecule has 1 aliphatic rings. The summed E-state index contributed by atoms with van der Waals surface area (Å²) in [6.07, 6.45) is -4.45. The van der Waals surface area contributed by atoms with Gasteiger partial charge in [0.2, 0.25) is 0 Å². The molecular formula is C20H21F3N2O. The number of carbonyl (C=O) groups excluding carboxylic acids is 1. The summed E-state index contributed by atoms with van der Waals surface area (Å²) >= 11 is 0. The average Bonchev–Trinajstić information content (AvgIpc) is 2.63. The molecule has 3 nitrogen and oxygen atoms in total. The molecule has 0 unspecified atom stereocenters. The van der Waals surface area contributed by atoms with Gasteiger partial charge < -0.3 is 9.80 Å². The van der Waals surface area contributed by atoms with Crippen molar-refractivity contribution in [3.05, 3.63) is 64.7 Å². The molecule has 3 rings (SSSR count). The van der Waals surface area contributed by atoms with Gasteiger partial charge in [0.05, 0.1) is 5.56 Å². The smallest absolute Gasteiger partial charge is 0.368 e. The number of rotatable bonds is 2. The highest BCUT2D eigenvalue weighted by atomic mass is 19.4. The number of nitrogens with zero attached hydrogens (tertiary/aromatic N) is 2. The van der Waals surface area contributed by atoms with Crippen molar-refractivity contribution in [3.8, 4) is 0 Å². The minimum absolute atomic E-state index is 0.0833. The van der Waals surface area contributed by atoms with Gasteiger partial charge in [0.15, 0.2) is 0 Å². The zero-order valence-corrected chi connectivity index (χ0v) is 14.8. The molecule has 0 saturated carbocycles. The standard InChI is InChI=1S/C20H21F3N2O/c1-14-5-3-8-18(15(14)2)24-9-11-25(12-10-24)19(26)16-6-4-7-17(13-16)20(21,22)23/h3-8,13H,9-12H2,1-2H3. The fourth-order valence-electron chi connectivity index (χ4n) is 3.24. The molecule has 1 saturated heterocycles. The summed E-state index contributed by atoms with van der Waals surface area (Å²) in [6.45, 7) is 6.44. The largest absolute Gasteiger partial charge is 0.416 e. The maximum Gasteiger partial charge on any atom is 0.416 e. The quantitative estimate of drug-likeness (QED) is 0.796. The van der Waals surface area contributed by atoms with Crippen LogP contribution in [0.5, 0.6) is 0 Å². The number of alkyl halides is 3. The van der Waals surface area contributed by atoms with Crippen molar-refractivity contribution in [2.45, 2.75) is 20.0 Å². The first kappa shape index (κ1) is 18.3. The van der Waals surface area contributed by atoms with E-state index < -0.39 is 11.7 Å². The molecule has 0 radical (unpaired) electrons. The van der Waals surface area contributed by atoms with Gasteiger partial charge in [0.1, 0.15) is 0 Å². The molecule has 1 aliphatic heterocycles. The van der Waals surface area contributed by atoms with Gasteiger partial charge in [-0.3, -0.25) is 4.79 Å². The maximum atomic E-state index is 12.9. The molecular weight excluding hydrogens is 341 g/mol. The summed E-state index contributed by atoms with van der Waals surface area (Å²) in [7, 11) is 0. The Morgan fingerprint density at radius 2 is 1.62 bits per heavy atom. The van der Waals surface area contributed by atoms with Crippen molar-refractivity contribution >= 4 is 11.6 Å². The lowest BCUT2D eigenvalue weighted by atomic mass is 10.1. The Bertz CT molecular complexity index is 809. The Labute approximate surface area is 151 Å². The minimum atomic E-state index is -4.45. The molecule has 0 aromatic heterocycles. The van der Waals surface area contributed by atoms with Crippen LogP contribution in [0.4, 0.5) is 18.9 Å². The van der Waals surface area contributed by atoms with Gasteiger partial charge in [-0.05, 0) is 49.2 Å². The van der Waals surface area contributed by atoms with E-state index in [1.165, 1.54) is 23.3 Å². The molecule has 138 valence electrons. The minimum Gasteiger partial charge on any atom is -0.368 e. The van der Waals surface area contributed by atoms with Gasteiger partial charge >= 0.3 is 6.18 Å². The number of aryl methyl sites for hydroxylation is 1. The predicted octanol–water partition coefficient (Wildman–Crippen LogP) is 4.28. The monoisotopic (exact) mass is 362 g/mol. The summed E-state index contributed by atoms with van der Waals surface area (Å²) < 4.78 is 38.6. The summed E-state index contributed by atoms with van der Waals surface area (Å²) in [6, 6.07) is 10.8. The molecule has 0 bridgehead atoms. The lowest BCUT2D eigenvalue weighted by Gasteiger charge is -2.37. The zero-order chi connectivity index (χ0) is 18.9. The highest BCUT2D eigenvalue weighted by Gasteiger charge is 2.31. The third-order valence-corrected chi connectivity index (χ3v) is 4.92. The van der Waals surface area contributed by atoms with E-state index in [1.807, 2.05) is 6.07 Å². The normalized spacial score (nSPS) is 15.3. The molecule has 0 N–H and O–H groups in total. The first-order valence-corrected chi connectivity index (χ1v) is 8.55. The van der Waals surface area contributed by atoms with Crippen molar-refractivity contribution < 1.29 is 18.0 Å². The fraction of sp³-hybridized carbons (Fsp3) is 0.350. The van der Waals surface area contributed by atoms with Crippen LogP contribution in [-0.4, -0.2) is 37.0 Å². The van der Waals surface area contributed by atoms with Crippen LogP contribution in [0.1, 0.15) is 27.0 Å². The third-order valence-electron chi connectivity index (χ3n) is 4.92. The van der Waals surface area contributed by atoms with Crippen molar-refractivity contribution in [2.24, 2.45) is 0 Å². The molecule has 1 heterocycles. The van der Waals surface area contributed by atoms with Crippen molar-refractivity contribution in [1.82, 2.24) is 4.90 Å². The lowest BCUT2D eigenvalue weighted by molar-refractivity contribution is -0.137.